The largest absolute Gasteiger partial charge is 0.573 e. The third-order valence-electron chi connectivity index (χ3n) is 1.74. The van der Waals surface area contributed by atoms with E-state index in [4.69, 9.17) is 5.73 Å². The Morgan fingerprint density at radius 2 is 1.63 bits per heavy atom. The zero-order valence-electron chi connectivity index (χ0n) is 8.61. The van der Waals surface area contributed by atoms with Gasteiger partial charge >= 0.3 is 12.5 Å². The molecule has 0 amide bonds. The van der Waals surface area contributed by atoms with E-state index < -0.39 is 41.8 Å². The molecule has 3 nitrogen and oxygen atoms in total. The van der Waals surface area contributed by atoms with E-state index in [9.17, 15) is 35.1 Å². The van der Waals surface area contributed by atoms with Crippen molar-refractivity contribution < 1.29 is 39.9 Å². The Balaban J connectivity index is 3.40. The molecule has 108 valence electrons. The lowest BCUT2D eigenvalue weighted by Gasteiger charge is -2.16. The number of anilines is 1. The molecule has 0 saturated heterocycles. The number of rotatable bonds is 2. The average Bonchev–Trinajstić information content (AvgIpc) is 2.16. The standard InChI is InChI=1S/C8H4F8N2O/c9-6(10)4-5(19-8(14,15)16)2(17)1-3(18-4)7(11,12)13/h1,6H,(H2,17,18). The Morgan fingerprint density at radius 1 is 1.11 bits per heavy atom. The van der Waals surface area contributed by atoms with Crippen LogP contribution in [0.2, 0.25) is 0 Å². The number of halogens is 8. The lowest BCUT2D eigenvalue weighted by atomic mass is 10.2. The summed E-state index contributed by atoms with van der Waals surface area (Å²) in [5.74, 6) is -1.64. The number of hydrogen-bond donors (Lipinski definition) is 1. The summed E-state index contributed by atoms with van der Waals surface area (Å²) in [5, 5.41) is 0. The van der Waals surface area contributed by atoms with Gasteiger partial charge in [-0.25, -0.2) is 13.8 Å². The molecule has 0 bridgehead atoms. The molecule has 0 radical (unpaired) electrons. The molecule has 1 heterocycles. The van der Waals surface area contributed by atoms with Gasteiger partial charge in [0.1, 0.15) is 5.69 Å². The fourth-order valence-corrected chi connectivity index (χ4v) is 1.09. The van der Waals surface area contributed by atoms with E-state index in [-0.39, 0.29) is 6.07 Å². The van der Waals surface area contributed by atoms with Gasteiger partial charge in [0.2, 0.25) is 0 Å². The molecule has 11 heteroatoms. The van der Waals surface area contributed by atoms with Crippen molar-refractivity contribution in [2.24, 2.45) is 0 Å². The highest BCUT2D eigenvalue weighted by Crippen LogP contribution is 2.39. The van der Waals surface area contributed by atoms with Crippen LogP contribution in [0, 0.1) is 0 Å². The highest BCUT2D eigenvalue weighted by Gasteiger charge is 2.39. The molecule has 0 unspecified atom stereocenters. The number of nitrogen functional groups attached to an aromatic ring is 1. The van der Waals surface area contributed by atoms with Crippen molar-refractivity contribution in [2.75, 3.05) is 5.73 Å². The summed E-state index contributed by atoms with van der Waals surface area (Å²) in [5.41, 5.74) is -0.0424. The van der Waals surface area contributed by atoms with E-state index in [1.165, 1.54) is 0 Å². The maximum atomic E-state index is 12.4. The number of nitrogens with zero attached hydrogens (tertiary/aromatic N) is 1. The summed E-state index contributed by atoms with van der Waals surface area (Å²) < 4.78 is 101. The van der Waals surface area contributed by atoms with Crippen LogP contribution in [0.1, 0.15) is 17.8 Å². The van der Waals surface area contributed by atoms with Gasteiger partial charge in [-0.15, -0.1) is 13.2 Å². The highest BCUT2D eigenvalue weighted by molar-refractivity contribution is 5.56. The quantitative estimate of drug-likeness (QED) is 0.849. The van der Waals surface area contributed by atoms with Crippen LogP contribution in [0.3, 0.4) is 0 Å². The Labute approximate surface area is 99.5 Å². The average molecular weight is 296 g/mol. The second kappa shape index (κ2) is 4.70. The van der Waals surface area contributed by atoms with Crippen LogP contribution in [0.25, 0.3) is 0 Å². The van der Waals surface area contributed by atoms with Crippen molar-refractivity contribution >= 4 is 5.69 Å². The molecule has 0 spiro atoms. The van der Waals surface area contributed by atoms with Crippen molar-refractivity contribution in [2.45, 2.75) is 19.0 Å². The van der Waals surface area contributed by atoms with E-state index >= 15 is 0 Å². The van der Waals surface area contributed by atoms with Gasteiger partial charge in [-0.2, -0.15) is 13.2 Å². The number of aromatic nitrogens is 1. The Bertz CT molecular complexity index is 467. The minimum Gasteiger partial charge on any atom is -0.401 e. The van der Waals surface area contributed by atoms with Gasteiger partial charge < -0.3 is 10.5 Å². The zero-order valence-corrected chi connectivity index (χ0v) is 8.61. The topological polar surface area (TPSA) is 48.1 Å². The Kier molecular flexibility index (Phi) is 3.77. The van der Waals surface area contributed by atoms with Gasteiger partial charge in [0, 0.05) is 0 Å². The molecule has 0 aliphatic carbocycles. The summed E-state index contributed by atoms with van der Waals surface area (Å²) in [7, 11) is 0. The third kappa shape index (κ3) is 3.83. The van der Waals surface area contributed by atoms with Gasteiger partial charge in [0.05, 0.1) is 5.69 Å². The van der Waals surface area contributed by atoms with Crippen LogP contribution in [-0.4, -0.2) is 11.3 Å². The second-order valence-corrected chi connectivity index (χ2v) is 3.16. The Hall–Kier alpha value is -1.81. The van der Waals surface area contributed by atoms with Crippen LogP contribution in [0.4, 0.5) is 40.8 Å². The molecule has 0 atom stereocenters. The molecule has 19 heavy (non-hydrogen) atoms. The second-order valence-electron chi connectivity index (χ2n) is 3.16. The van der Waals surface area contributed by atoms with Gasteiger partial charge in [-0.1, -0.05) is 0 Å². The summed E-state index contributed by atoms with van der Waals surface area (Å²) in [6.45, 7) is 0. The summed E-state index contributed by atoms with van der Waals surface area (Å²) in [6.07, 6.45) is -14.2. The first-order valence-electron chi connectivity index (χ1n) is 4.33. The van der Waals surface area contributed by atoms with Gasteiger partial charge in [-0.3, -0.25) is 0 Å². The van der Waals surface area contributed by atoms with Gasteiger partial charge in [-0.05, 0) is 6.07 Å². The fraction of sp³-hybridized carbons (Fsp3) is 0.375. The number of pyridine rings is 1. The normalized spacial score (nSPS) is 12.9. The van der Waals surface area contributed by atoms with Crippen molar-refractivity contribution in [3.05, 3.63) is 17.5 Å². The molecule has 1 aromatic heterocycles. The van der Waals surface area contributed by atoms with Crippen molar-refractivity contribution in [3.63, 3.8) is 0 Å². The van der Waals surface area contributed by atoms with Crippen LogP contribution in [0.5, 0.6) is 5.75 Å². The first-order chi connectivity index (χ1) is 8.42. The minimum absolute atomic E-state index is 0.0209. The molecule has 2 N–H and O–H groups in total. The monoisotopic (exact) mass is 296 g/mol. The first-order valence-corrected chi connectivity index (χ1v) is 4.33. The van der Waals surface area contributed by atoms with Crippen LogP contribution >= 0.6 is 0 Å². The van der Waals surface area contributed by atoms with Crippen LogP contribution in [0.15, 0.2) is 6.07 Å². The smallest absolute Gasteiger partial charge is 0.401 e. The maximum absolute atomic E-state index is 12.4. The molecule has 1 rings (SSSR count). The number of alkyl halides is 8. The summed E-state index contributed by atoms with van der Waals surface area (Å²) in [4.78, 5) is 2.41. The molecule has 0 fully saturated rings. The lowest BCUT2D eigenvalue weighted by molar-refractivity contribution is -0.275. The summed E-state index contributed by atoms with van der Waals surface area (Å²) >= 11 is 0. The fourth-order valence-electron chi connectivity index (χ4n) is 1.09. The van der Waals surface area contributed by atoms with E-state index in [1.807, 2.05) is 0 Å². The predicted molar refractivity (Wildman–Crippen MR) is 45.3 cm³/mol. The highest BCUT2D eigenvalue weighted by atomic mass is 19.4. The first kappa shape index (κ1) is 15.2. The lowest BCUT2D eigenvalue weighted by Crippen LogP contribution is -2.21. The van der Waals surface area contributed by atoms with Gasteiger partial charge in [0.25, 0.3) is 6.43 Å². The van der Waals surface area contributed by atoms with Crippen LogP contribution in [-0.2, 0) is 6.18 Å². The SMILES string of the molecule is Nc1cc(C(F)(F)F)nc(C(F)F)c1OC(F)(F)F. The van der Waals surface area contributed by atoms with E-state index in [2.05, 4.69) is 9.72 Å². The van der Waals surface area contributed by atoms with E-state index in [1.54, 1.807) is 0 Å². The van der Waals surface area contributed by atoms with Gasteiger partial charge in [0.15, 0.2) is 11.4 Å². The molecule has 0 aliphatic rings. The predicted octanol–water partition coefficient (Wildman–Crippen LogP) is 3.52. The number of ether oxygens (including phenoxy) is 1. The molecule has 0 aromatic carbocycles. The summed E-state index contributed by atoms with van der Waals surface area (Å²) in [6, 6.07) is -0.0209. The molecule has 1 aromatic rings. The molecule has 0 aliphatic heterocycles. The van der Waals surface area contributed by atoms with Crippen molar-refractivity contribution in [1.82, 2.24) is 4.98 Å². The molecule has 0 saturated carbocycles. The number of hydrogen-bond acceptors (Lipinski definition) is 3. The van der Waals surface area contributed by atoms with E-state index in [0.29, 0.717) is 0 Å². The van der Waals surface area contributed by atoms with Crippen molar-refractivity contribution in [3.8, 4) is 5.75 Å². The maximum Gasteiger partial charge on any atom is 0.573 e. The minimum atomic E-state index is -5.39. The third-order valence-corrected chi connectivity index (χ3v) is 1.74. The molecular weight excluding hydrogens is 292 g/mol. The number of nitrogens with two attached hydrogens (primary N) is 1. The van der Waals surface area contributed by atoms with Crippen LogP contribution < -0.4 is 10.5 Å². The molecular formula is C8H4F8N2O. The van der Waals surface area contributed by atoms with E-state index in [0.717, 1.165) is 0 Å². The Morgan fingerprint density at radius 3 is 2.00 bits per heavy atom. The zero-order chi connectivity index (χ0) is 15.0. The van der Waals surface area contributed by atoms with Crippen molar-refractivity contribution in [1.29, 1.82) is 0 Å².